The van der Waals surface area contributed by atoms with E-state index in [1.54, 1.807) is 4.57 Å². The number of hydrogen-bond donors (Lipinski definition) is 1. The molecule has 1 N–H and O–H groups in total. The van der Waals surface area contributed by atoms with Gasteiger partial charge in [-0.1, -0.05) is 108 Å². The van der Waals surface area contributed by atoms with Crippen molar-refractivity contribution in [1.82, 2.24) is 14.5 Å². The zero-order valence-corrected chi connectivity index (χ0v) is 31.7. The van der Waals surface area contributed by atoms with Gasteiger partial charge in [0.1, 0.15) is 18.6 Å². The fourth-order valence-corrected chi connectivity index (χ4v) is 10.1. The number of carbonyl (C=O) groups is 1. The third kappa shape index (κ3) is 7.83. The van der Waals surface area contributed by atoms with E-state index in [9.17, 15) is 9.59 Å². The molecule has 5 rings (SSSR count). The molecule has 1 fully saturated rings. The van der Waals surface area contributed by atoms with Crippen LogP contribution < -0.4 is 4.74 Å². The van der Waals surface area contributed by atoms with Crippen LogP contribution in [0.1, 0.15) is 41.5 Å². The molecule has 1 saturated heterocycles. The van der Waals surface area contributed by atoms with Gasteiger partial charge >= 0.3 is 14.6 Å². The monoisotopic (exact) mass is 712 g/mol. The molecule has 0 unspecified atom stereocenters. The van der Waals surface area contributed by atoms with Gasteiger partial charge in [0.2, 0.25) is 5.78 Å². The van der Waals surface area contributed by atoms with E-state index in [1.165, 1.54) is 0 Å². The molecule has 0 spiro atoms. The maximum Gasteiger partial charge on any atom is 0.346 e. The number of pyridine rings is 1. The Hall–Kier alpha value is -2.77. The van der Waals surface area contributed by atoms with Gasteiger partial charge in [-0.3, -0.25) is 9.36 Å². The second-order valence-electron chi connectivity index (χ2n) is 14.4. The molecule has 2 aromatic heterocycles. The van der Waals surface area contributed by atoms with Crippen LogP contribution in [0.5, 0.6) is 6.01 Å². The highest BCUT2D eigenvalue weighted by molar-refractivity contribution is 7.95. The number of fused-ring (bicyclic) bond motifs is 1. The first-order valence-corrected chi connectivity index (χ1v) is 20.6. The number of imidazole rings is 1. The summed E-state index contributed by atoms with van der Waals surface area (Å²) < 4.78 is 26.1. The highest BCUT2D eigenvalue weighted by atomic mass is 35.5. The number of halogens is 1. The zero-order chi connectivity index (χ0) is 34.9. The van der Waals surface area contributed by atoms with E-state index in [-0.39, 0.29) is 42.6 Å². The molecule has 12 heteroatoms. The molecule has 48 heavy (non-hydrogen) atoms. The zero-order valence-electron chi connectivity index (χ0n) is 29.1. The van der Waals surface area contributed by atoms with Crippen molar-refractivity contribution in [1.29, 1.82) is 0 Å². The molecule has 258 valence electrons. The smallest absolute Gasteiger partial charge is 0.346 e. The predicted molar refractivity (Wildman–Crippen MR) is 196 cm³/mol. The Kier molecular flexibility index (Phi) is 11.1. The number of ether oxygens (including phenoxy) is 3. The Morgan fingerprint density at radius 1 is 0.979 bits per heavy atom. The van der Waals surface area contributed by atoms with Crippen LogP contribution in [-0.4, -0.2) is 84.0 Å². The van der Waals surface area contributed by atoms with Gasteiger partial charge in [0.15, 0.2) is 11.8 Å². The van der Waals surface area contributed by atoms with Crippen LogP contribution in [0.3, 0.4) is 0 Å². The molecule has 0 aliphatic carbocycles. The standard InChI is InChI=1S/C36H47ClN3O6SSi/c1-35(2,3)48(42,36(4,5)6)45-22-29-32(41)30(21-44-29)46-34-39-33-28(40(34)23-43-18-19-47(7)8)20-27(37)31(38-33)26-16-14-25(15-17-26)24-12-10-9-11-13-24/h9-17,20,29-30,42H,18-19,21-23H2,1-8H3/q+1/t29-,30-/m1/s1. The van der Waals surface area contributed by atoms with E-state index in [0.717, 1.165) is 22.4 Å². The van der Waals surface area contributed by atoms with Gasteiger partial charge in [0, 0.05) is 15.6 Å². The SMILES string of the molecule is C[S+](C)CCOCn1c(O[C@@H]2CO[C@H](CO[Si](O)(C(C)(C)C)C(C)(C)C)C2=O)nc2nc(-c3ccc(-c4ccccc4)cc3)c(Cl)cc21. The van der Waals surface area contributed by atoms with Gasteiger partial charge in [-0.2, -0.15) is 4.98 Å². The van der Waals surface area contributed by atoms with Crippen LogP contribution in [-0.2, 0) is 36.3 Å². The number of hydrogen-bond acceptors (Lipinski definition) is 8. The Bertz CT molecular complexity index is 1710. The van der Waals surface area contributed by atoms with Crippen LogP contribution in [0.4, 0.5) is 0 Å². The Morgan fingerprint density at radius 2 is 1.60 bits per heavy atom. The summed E-state index contributed by atoms with van der Waals surface area (Å²) in [6, 6.07) is 20.2. The van der Waals surface area contributed by atoms with Crippen molar-refractivity contribution in [3.63, 3.8) is 0 Å². The first-order valence-electron chi connectivity index (χ1n) is 16.1. The molecule has 1 aliphatic heterocycles. The largest absolute Gasteiger partial charge is 0.451 e. The Morgan fingerprint density at radius 3 is 2.23 bits per heavy atom. The summed E-state index contributed by atoms with van der Waals surface area (Å²) in [4.78, 5) is 34.7. The molecule has 1 aliphatic rings. The van der Waals surface area contributed by atoms with Gasteiger partial charge in [0.25, 0.3) is 0 Å². The minimum Gasteiger partial charge on any atom is -0.451 e. The van der Waals surface area contributed by atoms with Crippen molar-refractivity contribution < 1.29 is 28.2 Å². The molecule has 0 amide bonds. The van der Waals surface area contributed by atoms with Crippen LogP contribution in [0.15, 0.2) is 60.7 Å². The van der Waals surface area contributed by atoms with Gasteiger partial charge in [0.05, 0.1) is 48.6 Å². The first-order chi connectivity index (χ1) is 22.6. The molecular formula is C36H47ClN3O6SSi+. The second kappa shape index (κ2) is 14.6. The third-order valence-corrected chi connectivity index (χ3v) is 14.5. The van der Waals surface area contributed by atoms with Crippen molar-refractivity contribution in [2.45, 2.75) is 70.6 Å². The lowest BCUT2D eigenvalue weighted by Gasteiger charge is -2.45. The molecular weight excluding hydrogens is 666 g/mol. The lowest BCUT2D eigenvalue weighted by Crippen LogP contribution is -2.56. The van der Waals surface area contributed by atoms with Crippen molar-refractivity contribution in [2.75, 3.05) is 38.1 Å². The topological polar surface area (TPSA) is 105 Å². The van der Waals surface area contributed by atoms with Crippen LogP contribution >= 0.6 is 11.6 Å². The summed E-state index contributed by atoms with van der Waals surface area (Å²) in [7, 11) is -3.06. The summed E-state index contributed by atoms with van der Waals surface area (Å²) in [5.74, 6) is 0.653. The van der Waals surface area contributed by atoms with E-state index in [0.29, 0.717) is 28.5 Å². The minimum absolute atomic E-state index is 0.0314. The average Bonchev–Trinajstić information content (AvgIpc) is 3.55. The predicted octanol–water partition coefficient (Wildman–Crippen LogP) is 7.04. The highest BCUT2D eigenvalue weighted by Crippen LogP contribution is 2.49. The van der Waals surface area contributed by atoms with Crippen LogP contribution in [0.2, 0.25) is 15.1 Å². The lowest BCUT2D eigenvalue weighted by atomic mass is 10.0. The van der Waals surface area contributed by atoms with E-state index < -0.39 is 30.8 Å². The summed E-state index contributed by atoms with van der Waals surface area (Å²) in [6.07, 6.45) is 2.56. The molecule has 0 saturated carbocycles. The molecule has 3 heterocycles. The van der Waals surface area contributed by atoms with E-state index in [4.69, 9.17) is 40.2 Å². The normalized spacial score (nSPS) is 17.5. The summed E-state index contributed by atoms with van der Waals surface area (Å²) in [5.41, 5.74) is 4.70. The second-order valence-corrected chi connectivity index (χ2v) is 21.8. The summed E-state index contributed by atoms with van der Waals surface area (Å²) in [5, 5.41) is -0.486. The fourth-order valence-electron chi connectivity index (χ4n) is 5.93. The first kappa shape index (κ1) is 36.5. The van der Waals surface area contributed by atoms with Gasteiger partial charge in [-0.25, -0.2) is 4.98 Å². The van der Waals surface area contributed by atoms with E-state index in [1.807, 2.05) is 90.1 Å². The highest BCUT2D eigenvalue weighted by Gasteiger charge is 2.56. The van der Waals surface area contributed by atoms with Crippen LogP contribution in [0.25, 0.3) is 33.5 Å². The Labute approximate surface area is 292 Å². The van der Waals surface area contributed by atoms with Crippen LogP contribution in [0, 0.1) is 0 Å². The third-order valence-electron chi connectivity index (χ3n) is 8.59. The number of carbonyl (C=O) groups excluding carboxylic acids is 1. The summed E-state index contributed by atoms with van der Waals surface area (Å²) in [6.45, 7) is 12.5. The Balaban J connectivity index is 1.39. The van der Waals surface area contributed by atoms with E-state index >= 15 is 0 Å². The number of rotatable bonds is 12. The van der Waals surface area contributed by atoms with Gasteiger partial charge in [-0.15, -0.1) is 0 Å². The fraction of sp³-hybridized carbons (Fsp3) is 0.472. The molecule has 4 aromatic rings. The maximum absolute atomic E-state index is 13.5. The average molecular weight is 713 g/mol. The number of benzene rings is 2. The molecule has 2 atom stereocenters. The minimum atomic E-state index is -3.29. The van der Waals surface area contributed by atoms with Crippen molar-refractivity contribution in [2.24, 2.45) is 0 Å². The van der Waals surface area contributed by atoms with Crippen molar-refractivity contribution in [3.05, 3.63) is 65.7 Å². The van der Waals surface area contributed by atoms with Gasteiger partial charge < -0.3 is 23.4 Å². The van der Waals surface area contributed by atoms with Gasteiger partial charge in [-0.05, 0) is 28.1 Å². The molecule has 0 bridgehead atoms. The maximum atomic E-state index is 13.5. The lowest BCUT2D eigenvalue weighted by molar-refractivity contribution is -0.127. The molecule has 2 aromatic carbocycles. The quantitative estimate of drug-likeness (QED) is 0.0948. The summed E-state index contributed by atoms with van der Waals surface area (Å²) >= 11 is 6.84. The number of ketones is 1. The van der Waals surface area contributed by atoms with E-state index in [2.05, 4.69) is 24.6 Å². The van der Waals surface area contributed by atoms with Crippen molar-refractivity contribution >= 4 is 48.0 Å². The number of Topliss-reactive ketones (excluding diaryl/α,β-unsaturated/α-hetero) is 1. The molecule has 9 nitrogen and oxygen atoms in total. The molecule has 0 radical (unpaired) electrons. The van der Waals surface area contributed by atoms with Crippen molar-refractivity contribution in [3.8, 4) is 28.4 Å². The number of aromatic nitrogens is 3. The number of nitrogens with zero attached hydrogens (tertiary/aromatic N) is 3.